The van der Waals surface area contributed by atoms with Crippen LogP contribution in [0.4, 0.5) is 0 Å². The van der Waals surface area contributed by atoms with Gasteiger partial charge in [0.2, 0.25) is 6.08 Å². The van der Waals surface area contributed by atoms with E-state index in [0.29, 0.717) is 16.2 Å². The van der Waals surface area contributed by atoms with E-state index in [-0.39, 0.29) is 0 Å². The molecule has 2 heterocycles. The smallest absolute Gasteiger partial charge is 0.235 e. The molecule has 1 aliphatic rings. The molecule has 0 saturated heterocycles. The van der Waals surface area contributed by atoms with E-state index in [1.807, 2.05) is 6.07 Å². The molecular formula is C15H10ClNO3. The van der Waals surface area contributed by atoms with E-state index in [1.54, 1.807) is 24.7 Å². The highest BCUT2D eigenvalue weighted by Crippen LogP contribution is 2.51. The highest BCUT2D eigenvalue weighted by Gasteiger charge is 2.43. The third-order valence-electron chi connectivity index (χ3n) is 4.17. The molecule has 0 spiro atoms. The zero-order chi connectivity index (χ0) is 13.7. The lowest BCUT2D eigenvalue weighted by molar-refractivity contribution is 0.258. The number of benzene rings is 1. The highest BCUT2D eigenvalue weighted by atomic mass is 35.5. The Morgan fingerprint density at radius 2 is 1.85 bits per heavy atom. The summed E-state index contributed by atoms with van der Waals surface area (Å²) in [6, 6.07) is 3.65. The molecule has 20 heavy (non-hydrogen) atoms. The number of fused-ring (bicyclic) bond motifs is 2. The zero-order valence-electron chi connectivity index (χ0n) is 10.5. The van der Waals surface area contributed by atoms with E-state index >= 15 is 0 Å². The topological polar surface area (TPSA) is 55.7 Å². The molecule has 1 aromatic carbocycles. The van der Waals surface area contributed by atoms with Crippen LogP contribution in [0.15, 0.2) is 38.5 Å². The lowest BCUT2D eigenvalue weighted by Gasteiger charge is -2.37. The molecule has 0 atom stereocenters. The van der Waals surface area contributed by atoms with Gasteiger partial charge in [-0.25, -0.2) is 4.79 Å². The first-order valence-corrected chi connectivity index (χ1v) is 6.80. The molecule has 0 N–H and O–H groups in total. The van der Waals surface area contributed by atoms with Crippen molar-refractivity contribution in [3.05, 3.63) is 35.2 Å². The minimum atomic E-state index is -0.551. The molecule has 1 fully saturated rings. The van der Waals surface area contributed by atoms with Crippen LogP contribution in [0.1, 0.15) is 24.8 Å². The fourth-order valence-electron chi connectivity index (χ4n) is 3.08. The Labute approximate surface area is 119 Å². The highest BCUT2D eigenvalue weighted by molar-refractivity contribution is 6.40. The quantitative estimate of drug-likeness (QED) is 0.513. The van der Waals surface area contributed by atoms with Gasteiger partial charge in [0.25, 0.3) is 0 Å². The largest absolute Gasteiger partial charge is 0.464 e. The van der Waals surface area contributed by atoms with E-state index in [9.17, 15) is 4.79 Å². The molecule has 5 heteroatoms. The van der Waals surface area contributed by atoms with Gasteiger partial charge in [0, 0.05) is 16.3 Å². The van der Waals surface area contributed by atoms with Crippen LogP contribution in [0.5, 0.6) is 0 Å². The third-order valence-corrected chi connectivity index (χ3v) is 4.54. The lowest BCUT2D eigenvalue weighted by Crippen LogP contribution is -2.32. The number of hydrogen-bond acceptors (Lipinski definition) is 4. The number of halogens is 1. The van der Waals surface area contributed by atoms with Crippen molar-refractivity contribution in [3.63, 3.8) is 0 Å². The second kappa shape index (κ2) is 3.98. The molecule has 4 nitrogen and oxygen atoms in total. The van der Waals surface area contributed by atoms with Crippen LogP contribution in [-0.2, 0) is 10.3 Å². The molecule has 1 aliphatic carbocycles. The summed E-state index contributed by atoms with van der Waals surface area (Å²) >= 11 is 6.36. The van der Waals surface area contributed by atoms with Crippen LogP contribution in [-0.4, -0.2) is 6.08 Å². The van der Waals surface area contributed by atoms with Gasteiger partial charge in [-0.15, -0.1) is 0 Å². The van der Waals surface area contributed by atoms with Crippen LogP contribution < -0.4 is 0 Å². The molecule has 1 saturated carbocycles. The SMILES string of the molecule is O=C=NC1(c2c3ccoc3c(Cl)c3ccoc23)CCC1. The Bertz CT molecular complexity index is 814. The van der Waals surface area contributed by atoms with Crippen LogP contribution in [0.25, 0.3) is 21.9 Å². The van der Waals surface area contributed by atoms with Crippen molar-refractivity contribution in [2.45, 2.75) is 24.8 Å². The first-order chi connectivity index (χ1) is 9.77. The average molecular weight is 288 g/mol. The normalized spacial score (nSPS) is 17.1. The number of furan rings is 2. The Morgan fingerprint density at radius 3 is 2.50 bits per heavy atom. The van der Waals surface area contributed by atoms with Gasteiger partial charge in [0.1, 0.15) is 11.1 Å². The summed E-state index contributed by atoms with van der Waals surface area (Å²) in [5, 5.41) is 2.18. The molecule has 0 radical (unpaired) electrons. The minimum Gasteiger partial charge on any atom is -0.464 e. The maximum atomic E-state index is 10.8. The molecule has 0 bridgehead atoms. The summed E-state index contributed by atoms with van der Waals surface area (Å²) in [6.45, 7) is 0. The Balaban J connectivity index is 2.20. The second-order valence-corrected chi connectivity index (χ2v) is 5.48. The van der Waals surface area contributed by atoms with Crippen molar-refractivity contribution < 1.29 is 13.6 Å². The molecular weight excluding hydrogens is 278 g/mol. The number of nitrogens with zero attached hydrogens (tertiary/aromatic N) is 1. The first-order valence-electron chi connectivity index (χ1n) is 6.42. The first kappa shape index (κ1) is 11.8. The molecule has 4 rings (SSSR count). The monoisotopic (exact) mass is 287 g/mol. The van der Waals surface area contributed by atoms with Crippen LogP contribution in [0.3, 0.4) is 0 Å². The molecule has 100 valence electrons. The molecule has 0 amide bonds. The summed E-state index contributed by atoms with van der Waals surface area (Å²) in [4.78, 5) is 14.9. The van der Waals surface area contributed by atoms with E-state index in [4.69, 9.17) is 20.4 Å². The summed E-state index contributed by atoms with van der Waals surface area (Å²) in [5.74, 6) is 0. The predicted molar refractivity (Wildman–Crippen MR) is 74.6 cm³/mol. The summed E-state index contributed by atoms with van der Waals surface area (Å²) in [5.41, 5.74) is 1.63. The van der Waals surface area contributed by atoms with E-state index in [1.165, 1.54) is 0 Å². The number of carbonyl (C=O) groups excluding carboxylic acids is 1. The van der Waals surface area contributed by atoms with Gasteiger partial charge in [-0.3, -0.25) is 0 Å². The van der Waals surface area contributed by atoms with E-state index in [0.717, 1.165) is 35.6 Å². The molecule has 0 aliphatic heterocycles. The third kappa shape index (κ3) is 1.33. The van der Waals surface area contributed by atoms with Gasteiger partial charge in [-0.2, -0.15) is 4.99 Å². The van der Waals surface area contributed by atoms with E-state index < -0.39 is 5.54 Å². The maximum absolute atomic E-state index is 10.8. The van der Waals surface area contributed by atoms with Gasteiger partial charge in [-0.05, 0) is 31.4 Å². The van der Waals surface area contributed by atoms with Crippen LogP contribution in [0.2, 0.25) is 5.02 Å². The zero-order valence-corrected chi connectivity index (χ0v) is 11.2. The van der Waals surface area contributed by atoms with Crippen molar-refractivity contribution in [3.8, 4) is 0 Å². The summed E-state index contributed by atoms with van der Waals surface area (Å²) < 4.78 is 11.1. The van der Waals surface area contributed by atoms with Gasteiger partial charge >= 0.3 is 0 Å². The second-order valence-electron chi connectivity index (χ2n) is 5.10. The predicted octanol–water partition coefficient (Wildman–Crippen LogP) is 4.55. The minimum absolute atomic E-state index is 0.530. The standard InChI is InChI=1S/C15H10ClNO3/c16-12-10-3-7-19-13(10)11(9-2-6-20-14(9)12)15(17-8-18)4-1-5-15/h2-3,6-7H,1,4-5H2. The Morgan fingerprint density at radius 1 is 1.15 bits per heavy atom. The number of isocyanates is 1. The number of rotatable bonds is 2. The van der Waals surface area contributed by atoms with Gasteiger partial charge in [-0.1, -0.05) is 11.6 Å². The van der Waals surface area contributed by atoms with Crippen LogP contribution in [0, 0.1) is 0 Å². The molecule has 2 aromatic heterocycles. The van der Waals surface area contributed by atoms with Crippen molar-refractivity contribution in [1.82, 2.24) is 0 Å². The Hall–Kier alpha value is -2.03. The summed E-state index contributed by atoms with van der Waals surface area (Å²) in [7, 11) is 0. The van der Waals surface area contributed by atoms with Crippen molar-refractivity contribution in [2.75, 3.05) is 0 Å². The van der Waals surface area contributed by atoms with Gasteiger partial charge < -0.3 is 8.83 Å². The lowest BCUT2D eigenvalue weighted by atomic mass is 9.71. The van der Waals surface area contributed by atoms with Crippen LogP contribution >= 0.6 is 11.6 Å². The Kier molecular flexibility index (Phi) is 2.34. The van der Waals surface area contributed by atoms with Crippen molar-refractivity contribution in [2.24, 2.45) is 4.99 Å². The molecule has 3 aromatic rings. The maximum Gasteiger partial charge on any atom is 0.235 e. The number of aliphatic imine (C=N–C) groups is 1. The van der Waals surface area contributed by atoms with Crippen molar-refractivity contribution >= 4 is 39.6 Å². The number of hydrogen-bond donors (Lipinski definition) is 0. The fourth-order valence-corrected chi connectivity index (χ4v) is 3.37. The van der Waals surface area contributed by atoms with Gasteiger partial charge in [0.15, 0.2) is 5.58 Å². The van der Waals surface area contributed by atoms with Gasteiger partial charge in [0.05, 0.1) is 17.5 Å². The van der Waals surface area contributed by atoms with E-state index in [2.05, 4.69) is 4.99 Å². The van der Waals surface area contributed by atoms with Crippen molar-refractivity contribution in [1.29, 1.82) is 0 Å². The average Bonchev–Trinajstić information content (AvgIpc) is 3.04. The molecule has 0 unspecified atom stereocenters. The summed E-state index contributed by atoms with van der Waals surface area (Å²) in [6.07, 6.45) is 7.53. The fraction of sp³-hybridized carbons (Fsp3) is 0.267.